The van der Waals surface area contributed by atoms with Gasteiger partial charge < -0.3 is 5.73 Å². The molecule has 0 aliphatic heterocycles. The number of urea groups is 1. The maximum atomic E-state index is 11.6. The largest absolute Gasteiger partial charge is 0.351 e. The molecule has 0 saturated heterocycles. The van der Waals surface area contributed by atoms with Crippen molar-refractivity contribution in [2.45, 2.75) is 24.3 Å². The third-order valence-electron chi connectivity index (χ3n) is 1.74. The van der Waals surface area contributed by atoms with Crippen LogP contribution in [0.25, 0.3) is 0 Å². The van der Waals surface area contributed by atoms with Gasteiger partial charge in [0.1, 0.15) is 6.33 Å². The van der Waals surface area contributed by atoms with Gasteiger partial charge >= 0.3 is 6.03 Å². The van der Waals surface area contributed by atoms with Gasteiger partial charge in [-0.1, -0.05) is 25.6 Å². The fourth-order valence-electron chi connectivity index (χ4n) is 1.06. The summed E-state index contributed by atoms with van der Waals surface area (Å²) >= 11 is 1.20. The highest BCUT2D eigenvalue weighted by Crippen LogP contribution is 2.24. The molecule has 0 saturated carbocycles. The minimum absolute atomic E-state index is 0.0365. The van der Waals surface area contributed by atoms with Gasteiger partial charge in [0.15, 0.2) is 5.16 Å². The minimum Gasteiger partial charge on any atom is -0.351 e. The summed E-state index contributed by atoms with van der Waals surface area (Å²) in [6, 6.07) is -0.853. The van der Waals surface area contributed by atoms with Crippen molar-refractivity contribution in [3.8, 4) is 0 Å². The average molecular weight is 243 g/mol. The van der Waals surface area contributed by atoms with E-state index >= 15 is 0 Å². The molecule has 1 heterocycles. The molecule has 7 nitrogen and oxygen atoms in total. The number of aromatic nitrogens is 3. The summed E-state index contributed by atoms with van der Waals surface area (Å²) in [6.07, 6.45) is 1.35. The molecule has 3 amide bonds. The predicted octanol–water partition coefficient (Wildman–Crippen LogP) is 0.116. The van der Waals surface area contributed by atoms with Gasteiger partial charge in [0.25, 0.3) is 0 Å². The number of hydrogen-bond acceptors (Lipinski definition) is 5. The highest BCUT2D eigenvalue weighted by molar-refractivity contribution is 8.00. The minimum atomic E-state index is -0.853. The van der Waals surface area contributed by atoms with Crippen LogP contribution in [0.2, 0.25) is 0 Å². The monoisotopic (exact) mass is 243 g/mol. The molecular weight excluding hydrogens is 230 g/mol. The first-order chi connectivity index (χ1) is 7.50. The van der Waals surface area contributed by atoms with Crippen LogP contribution in [0.5, 0.6) is 0 Å². The van der Waals surface area contributed by atoms with Crippen molar-refractivity contribution < 1.29 is 9.59 Å². The summed E-state index contributed by atoms with van der Waals surface area (Å²) in [7, 11) is 0. The van der Waals surface area contributed by atoms with Gasteiger partial charge in [-0.2, -0.15) is 5.10 Å². The third-order valence-corrected chi connectivity index (χ3v) is 3.17. The number of nitrogens with zero attached hydrogens (tertiary/aromatic N) is 2. The quantitative estimate of drug-likeness (QED) is 0.650. The lowest BCUT2D eigenvalue weighted by atomic mass is 10.1. The first-order valence-electron chi connectivity index (χ1n) is 4.63. The van der Waals surface area contributed by atoms with Crippen molar-refractivity contribution in [1.29, 1.82) is 0 Å². The zero-order chi connectivity index (χ0) is 12.1. The molecule has 0 aliphatic rings. The van der Waals surface area contributed by atoms with Gasteiger partial charge in [0, 0.05) is 0 Å². The fraction of sp³-hybridized carbons (Fsp3) is 0.500. The topological polar surface area (TPSA) is 114 Å². The van der Waals surface area contributed by atoms with Crippen LogP contribution in [0, 0.1) is 5.92 Å². The first kappa shape index (κ1) is 12.5. The van der Waals surface area contributed by atoms with Gasteiger partial charge in [-0.05, 0) is 5.92 Å². The zero-order valence-electron chi connectivity index (χ0n) is 8.93. The van der Waals surface area contributed by atoms with Crippen LogP contribution in [-0.4, -0.2) is 32.4 Å². The van der Waals surface area contributed by atoms with E-state index in [0.717, 1.165) is 0 Å². The second-order valence-corrected chi connectivity index (χ2v) is 4.56. The number of amides is 3. The van der Waals surface area contributed by atoms with E-state index in [2.05, 4.69) is 20.5 Å². The van der Waals surface area contributed by atoms with Crippen LogP contribution in [0.3, 0.4) is 0 Å². The predicted molar refractivity (Wildman–Crippen MR) is 58.6 cm³/mol. The van der Waals surface area contributed by atoms with E-state index < -0.39 is 17.2 Å². The number of primary amides is 1. The number of carbonyl (C=O) groups excluding carboxylic acids is 2. The fourth-order valence-corrected chi connectivity index (χ4v) is 1.95. The second kappa shape index (κ2) is 5.50. The molecule has 0 bridgehead atoms. The van der Waals surface area contributed by atoms with E-state index in [0.29, 0.717) is 5.16 Å². The van der Waals surface area contributed by atoms with E-state index in [9.17, 15) is 9.59 Å². The Hall–Kier alpha value is -1.57. The molecular formula is C8H13N5O2S. The van der Waals surface area contributed by atoms with E-state index in [4.69, 9.17) is 5.73 Å². The molecule has 8 heteroatoms. The summed E-state index contributed by atoms with van der Waals surface area (Å²) in [6.45, 7) is 3.74. The Kier molecular flexibility index (Phi) is 4.29. The number of aromatic amines is 1. The van der Waals surface area contributed by atoms with Gasteiger partial charge in [0.05, 0.1) is 5.25 Å². The molecule has 4 N–H and O–H groups in total. The van der Waals surface area contributed by atoms with Crippen molar-refractivity contribution in [2.75, 3.05) is 0 Å². The molecule has 1 rings (SSSR count). The lowest BCUT2D eigenvalue weighted by Crippen LogP contribution is -2.42. The molecule has 88 valence electrons. The van der Waals surface area contributed by atoms with Crippen LogP contribution in [0.15, 0.2) is 11.5 Å². The maximum absolute atomic E-state index is 11.6. The molecule has 0 spiro atoms. The highest BCUT2D eigenvalue weighted by atomic mass is 32.2. The van der Waals surface area contributed by atoms with E-state index in [1.807, 2.05) is 13.8 Å². The lowest BCUT2D eigenvalue weighted by molar-refractivity contribution is -0.120. The van der Waals surface area contributed by atoms with Crippen LogP contribution in [-0.2, 0) is 4.79 Å². The molecule has 1 aromatic heterocycles. The Bertz CT molecular complexity index is 365. The van der Waals surface area contributed by atoms with E-state index in [1.165, 1.54) is 18.1 Å². The summed E-state index contributed by atoms with van der Waals surface area (Å²) in [5.74, 6) is -0.390. The smallest absolute Gasteiger partial charge is 0.318 e. The number of thioether (sulfide) groups is 1. The summed E-state index contributed by atoms with van der Waals surface area (Å²) in [5.41, 5.74) is 4.89. The van der Waals surface area contributed by atoms with E-state index in [1.54, 1.807) is 0 Å². The number of carbonyl (C=O) groups is 2. The Morgan fingerprint density at radius 3 is 2.69 bits per heavy atom. The van der Waals surface area contributed by atoms with Crippen LogP contribution in [0.1, 0.15) is 13.8 Å². The normalized spacial score (nSPS) is 12.4. The average Bonchev–Trinajstić information content (AvgIpc) is 2.64. The molecule has 0 aliphatic carbocycles. The van der Waals surface area contributed by atoms with Crippen molar-refractivity contribution in [1.82, 2.24) is 20.5 Å². The van der Waals surface area contributed by atoms with Gasteiger partial charge in [0.2, 0.25) is 5.91 Å². The zero-order valence-corrected chi connectivity index (χ0v) is 9.75. The highest BCUT2D eigenvalue weighted by Gasteiger charge is 2.25. The number of H-pyrrole nitrogens is 1. The Balaban J connectivity index is 2.67. The van der Waals surface area contributed by atoms with E-state index in [-0.39, 0.29) is 5.92 Å². The first-order valence-corrected chi connectivity index (χ1v) is 5.51. The maximum Gasteiger partial charge on any atom is 0.318 e. The van der Waals surface area contributed by atoms with Crippen molar-refractivity contribution in [3.63, 3.8) is 0 Å². The standard InChI is InChI=1S/C8H13N5O2S/c1-4(2)5(6(14)12-7(9)15)16-8-10-3-11-13-8/h3-5H,1-2H3,(H,10,11,13)(H3,9,12,14,15)/t5-/m0/s1. The van der Waals surface area contributed by atoms with Gasteiger partial charge in [-0.15, -0.1) is 0 Å². The molecule has 0 radical (unpaired) electrons. The lowest BCUT2D eigenvalue weighted by Gasteiger charge is -2.16. The van der Waals surface area contributed by atoms with Crippen molar-refractivity contribution in [2.24, 2.45) is 11.7 Å². The number of nitrogens with two attached hydrogens (primary N) is 1. The summed E-state index contributed by atoms with van der Waals surface area (Å²) in [4.78, 5) is 26.1. The Labute approximate surface area is 96.6 Å². The van der Waals surface area contributed by atoms with Crippen molar-refractivity contribution in [3.05, 3.63) is 6.33 Å². The third kappa shape index (κ3) is 3.54. The van der Waals surface area contributed by atoms with Crippen LogP contribution < -0.4 is 11.1 Å². The Morgan fingerprint density at radius 1 is 1.56 bits per heavy atom. The molecule has 0 fully saturated rings. The molecule has 0 aromatic carbocycles. The summed E-state index contributed by atoms with van der Waals surface area (Å²) < 4.78 is 0. The molecule has 1 atom stereocenters. The number of imide groups is 1. The van der Waals surface area contributed by atoms with Gasteiger partial charge in [-0.25, -0.2) is 9.78 Å². The molecule has 1 aromatic rings. The summed E-state index contributed by atoms with van der Waals surface area (Å²) in [5, 5.41) is 8.45. The number of hydrogen-bond donors (Lipinski definition) is 3. The van der Waals surface area contributed by atoms with Crippen molar-refractivity contribution >= 4 is 23.7 Å². The number of nitrogens with one attached hydrogen (secondary N) is 2. The van der Waals surface area contributed by atoms with Gasteiger partial charge in [-0.3, -0.25) is 15.2 Å². The molecule has 16 heavy (non-hydrogen) atoms. The second-order valence-electron chi connectivity index (χ2n) is 3.43. The van der Waals surface area contributed by atoms with Crippen LogP contribution in [0.4, 0.5) is 4.79 Å². The number of rotatable bonds is 4. The molecule has 0 unspecified atom stereocenters. The van der Waals surface area contributed by atoms with Crippen LogP contribution >= 0.6 is 11.8 Å². The SMILES string of the molecule is CC(C)[C@H](Sc1ncn[nH]1)C(=O)NC(N)=O. The Morgan fingerprint density at radius 2 is 2.25 bits per heavy atom.